The van der Waals surface area contributed by atoms with Gasteiger partial charge in [0.05, 0.1) is 24.9 Å². The van der Waals surface area contributed by atoms with Crippen LogP contribution in [0.5, 0.6) is 5.75 Å². The SMILES string of the molecule is COc1c(C)cnc(CN(C(=O)OC(C)(C)C)c2cc(-c3ccccc3C(=O)O)cs2)c1C. The van der Waals surface area contributed by atoms with Crippen molar-refractivity contribution in [1.82, 2.24) is 4.98 Å². The second-order valence-corrected chi connectivity index (χ2v) is 9.53. The molecular weight excluding hydrogens is 440 g/mol. The van der Waals surface area contributed by atoms with Crippen LogP contribution in [0.1, 0.15) is 48.0 Å². The van der Waals surface area contributed by atoms with E-state index in [9.17, 15) is 14.7 Å². The van der Waals surface area contributed by atoms with Crippen molar-refractivity contribution in [2.45, 2.75) is 46.8 Å². The van der Waals surface area contributed by atoms with Crippen molar-refractivity contribution < 1.29 is 24.2 Å². The van der Waals surface area contributed by atoms with Gasteiger partial charge in [-0.15, -0.1) is 11.3 Å². The molecule has 33 heavy (non-hydrogen) atoms. The zero-order valence-electron chi connectivity index (χ0n) is 19.6. The molecule has 0 unspecified atom stereocenters. The number of amides is 1. The number of benzene rings is 1. The summed E-state index contributed by atoms with van der Waals surface area (Å²) in [5, 5.41) is 12.0. The van der Waals surface area contributed by atoms with Crippen LogP contribution in [-0.2, 0) is 11.3 Å². The highest BCUT2D eigenvalue weighted by molar-refractivity contribution is 7.14. The number of pyridine rings is 1. The second-order valence-electron chi connectivity index (χ2n) is 8.64. The third kappa shape index (κ3) is 5.51. The van der Waals surface area contributed by atoms with Crippen LogP contribution in [0.3, 0.4) is 0 Å². The normalized spacial score (nSPS) is 11.2. The molecule has 0 saturated carbocycles. The number of aryl methyl sites for hydroxylation is 1. The van der Waals surface area contributed by atoms with E-state index in [0.717, 1.165) is 16.9 Å². The lowest BCUT2D eigenvalue weighted by atomic mass is 10.0. The molecule has 0 radical (unpaired) electrons. The van der Waals surface area contributed by atoms with E-state index in [2.05, 4.69) is 4.98 Å². The average molecular weight is 469 g/mol. The maximum atomic E-state index is 13.2. The Labute approximate surface area is 197 Å². The molecule has 0 saturated heterocycles. The molecule has 0 atom stereocenters. The van der Waals surface area contributed by atoms with Crippen LogP contribution >= 0.6 is 11.3 Å². The van der Waals surface area contributed by atoms with Crippen molar-refractivity contribution in [3.05, 3.63) is 64.3 Å². The summed E-state index contributed by atoms with van der Waals surface area (Å²) < 4.78 is 11.2. The largest absolute Gasteiger partial charge is 0.496 e. The number of methoxy groups -OCH3 is 1. The Morgan fingerprint density at radius 2 is 1.88 bits per heavy atom. The summed E-state index contributed by atoms with van der Waals surface area (Å²) in [6.07, 6.45) is 1.21. The molecule has 0 bridgehead atoms. The number of carboxylic acid groups (broad SMARTS) is 1. The molecule has 1 aromatic carbocycles. The molecule has 0 aliphatic heterocycles. The van der Waals surface area contributed by atoms with Gasteiger partial charge < -0.3 is 14.6 Å². The molecule has 3 aromatic rings. The first-order valence-electron chi connectivity index (χ1n) is 10.4. The highest BCUT2D eigenvalue weighted by Crippen LogP contribution is 2.35. The molecule has 0 fully saturated rings. The second kappa shape index (κ2) is 9.62. The Kier molecular flexibility index (Phi) is 7.07. The smallest absolute Gasteiger partial charge is 0.415 e. The van der Waals surface area contributed by atoms with E-state index >= 15 is 0 Å². The quantitative estimate of drug-likeness (QED) is 0.472. The third-order valence-electron chi connectivity index (χ3n) is 4.99. The predicted octanol–water partition coefficient (Wildman–Crippen LogP) is 6.08. The lowest BCUT2D eigenvalue weighted by Crippen LogP contribution is -2.36. The topological polar surface area (TPSA) is 89.0 Å². The number of ether oxygens (including phenoxy) is 2. The molecule has 0 aliphatic rings. The Morgan fingerprint density at radius 1 is 1.18 bits per heavy atom. The number of aromatic carboxylic acids is 1. The van der Waals surface area contributed by atoms with Crippen molar-refractivity contribution in [1.29, 1.82) is 0 Å². The fourth-order valence-corrected chi connectivity index (χ4v) is 4.36. The number of rotatable bonds is 6. The van der Waals surface area contributed by atoms with E-state index in [0.29, 0.717) is 21.8 Å². The Bertz CT molecular complexity index is 1180. The van der Waals surface area contributed by atoms with Crippen LogP contribution in [0.4, 0.5) is 9.80 Å². The van der Waals surface area contributed by atoms with Gasteiger partial charge in [-0.2, -0.15) is 0 Å². The van der Waals surface area contributed by atoms with E-state index in [1.165, 1.54) is 16.2 Å². The zero-order valence-corrected chi connectivity index (χ0v) is 20.4. The van der Waals surface area contributed by atoms with Gasteiger partial charge in [-0.1, -0.05) is 18.2 Å². The minimum atomic E-state index is -1.01. The van der Waals surface area contributed by atoms with Crippen molar-refractivity contribution in [3.8, 4) is 16.9 Å². The Hall–Kier alpha value is -3.39. The van der Waals surface area contributed by atoms with E-state index in [4.69, 9.17) is 9.47 Å². The summed E-state index contributed by atoms with van der Waals surface area (Å²) in [6, 6.07) is 8.59. The first-order chi connectivity index (χ1) is 15.5. The number of hydrogen-bond acceptors (Lipinski definition) is 6. The van der Waals surface area contributed by atoms with Crippen LogP contribution < -0.4 is 9.64 Å². The van der Waals surface area contributed by atoms with Gasteiger partial charge in [0.15, 0.2) is 0 Å². The maximum Gasteiger partial charge on any atom is 0.415 e. The highest BCUT2D eigenvalue weighted by Gasteiger charge is 2.27. The molecular formula is C25H28N2O5S. The fourth-order valence-electron chi connectivity index (χ4n) is 3.46. The molecule has 7 nitrogen and oxygen atoms in total. The summed E-state index contributed by atoms with van der Waals surface area (Å²) >= 11 is 1.34. The summed E-state index contributed by atoms with van der Waals surface area (Å²) in [6.45, 7) is 9.43. The number of nitrogens with zero attached hydrogens (tertiary/aromatic N) is 2. The minimum absolute atomic E-state index is 0.178. The number of carbonyl (C=O) groups excluding carboxylic acids is 1. The van der Waals surface area contributed by atoms with Gasteiger partial charge in [-0.05, 0) is 57.9 Å². The zero-order chi connectivity index (χ0) is 24.3. The number of aromatic nitrogens is 1. The highest BCUT2D eigenvalue weighted by atomic mass is 32.1. The lowest BCUT2D eigenvalue weighted by molar-refractivity contribution is 0.0577. The fraction of sp³-hybridized carbons (Fsp3) is 0.320. The monoisotopic (exact) mass is 468 g/mol. The van der Waals surface area contributed by atoms with Gasteiger partial charge in [-0.3, -0.25) is 9.88 Å². The number of thiophene rings is 1. The molecule has 2 aromatic heterocycles. The molecule has 0 aliphatic carbocycles. The summed E-state index contributed by atoms with van der Waals surface area (Å²) in [5.74, 6) is -0.277. The van der Waals surface area contributed by atoms with Gasteiger partial charge >= 0.3 is 12.1 Å². The summed E-state index contributed by atoms with van der Waals surface area (Å²) in [4.78, 5) is 30.9. The standard InChI is InChI=1S/C25H28N2O5S/c1-15-12-26-20(16(2)22(15)31-6)13-27(24(30)32-25(3,4)5)21-11-17(14-33-21)18-9-7-8-10-19(18)23(28)29/h7-12,14H,13H2,1-6H3,(H,28,29). The van der Waals surface area contributed by atoms with Gasteiger partial charge in [0, 0.05) is 22.7 Å². The molecule has 8 heteroatoms. The number of hydrogen-bond donors (Lipinski definition) is 1. The molecule has 1 N–H and O–H groups in total. The van der Waals surface area contributed by atoms with Gasteiger partial charge in [0.25, 0.3) is 0 Å². The number of carbonyl (C=O) groups is 2. The summed E-state index contributed by atoms with van der Waals surface area (Å²) in [5.41, 5.74) is 3.26. The first-order valence-corrected chi connectivity index (χ1v) is 11.3. The third-order valence-corrected chi connectivity index (χ3v) is 5.94. The van der Waals surface area contributed by atoms with Gasteiger partial charge in [0.1, 0.15) is 16.4 Å². The van der Waals surface area contributed by atoms with E-state index in [1.54, 1.807) is 43.6 Å². The molecule has 0 spiro atoms. The molecule has 2 heterocycles. The maximum absolute atomic E-state index is 13.2. The van der Waals surface area contributed by atoms with Crippen LogP contribution in [-0.4, -0.2) is 34.9 Å². The van der Waals surface area contributed by atoms with Crippen LogP contribution in [0.2, 0.25) is 0 Å². The number of carboxylic acids is 1. The van der Waals surface area contributed by atoms with Crippen molar-refractivity contribution in [3.63, 3.8) is 0 Å². The predicted molar refractivity (Wildman–Crippen MR) is 129 cm³/mol. The van der Waals surface area contributed by atoms with E-state index in [-0.39, 0.29) is 12.1 Å². The molecule has 1 amide bonds. The van der Waals surface area contributed by atoms with Crippen LogP contribution in [0.25, 0.3) is 11.1 Å². The van der Waals surface area contributed by atoms with Crippen molar-refractivity contribution >= 4 is 28.4 Å². The lowest BCUT2D eigenvalue weighted by Gasteiger charge is -2.27. The van der Waals surface area contributed by atoms with E-state index < -0.39 is 17.7 Å². The molecule has 3 rings (SSSR count). The van der Waals surface area contributed by atoms with Gasteiger partial charge in [0.2, 0.25) is 0 Å². The van der Waals surface area contributed by atoms with E-state index in [1.807, 2.05) is 40.0 Å². The Balaban J connectivity index is 2.04. The van der Waals surface area contributed by atoms with Crippen molar-refractivity contribution in [2.24, 2.45) is 0 Å². The Morgan fingerprint density at radius 3 is 2.52 bits per heavy atom. The number of anilines is 1. The minimum Gasteiger partial charge on any atom is -0.496 e. The van der Waals surface area contributed by atoms with Crippen LogP contribution in [0.15, 0.2) is 41.9 Å². The van der Waals surface area contributed by atoms with Crippen LogP contribution in [0, 0.1) is 13.8 Å². The van der Waals surface area contributed by atoms with Gasteiger partial charge in [-0.25, -0.2) is 9.59 Å². The average Bonchev–Trinajstić information content (AvgIpc) is 3.22. The van der Waals surface area contributed by atoms with Crippen molar-refractivity contribution in [2.75, 3.05) is 12.0 Å². The molecule has 174 valence electrons. The first kappa shape index (κ1) is 24.3. The summed E-state index contributed by atoms with van der Waals surface area (Å²) in [7, 11) is 1.61.